The van der Waals surface area contributed by atoms with E-state index in [9.17, 15) is 4.39 Å². The molecule has 3 heteroatoms. The Morgan fingerprint density at radius 2 is 1.81 bits per heavy atom. The van der Waals surface area contributed by atoms with E-state index in [-0.39, 0.29) is 11.2 Å². The second kappa shape index (κ2) is 5.85. The first kappa shape index (κ1) is 13.0. The van der Waals surface area contributed by atoms with Gasteiger partial charge < -0.3 is 10.1 Å². The summed E-state index contributed by atoms with van der Waals surface area (Å²) in [5.41, 5.74) is 0.288. The van der Waals surface area contributed by atoms with Gasteiger partial charge >= 0.3 is 0 Å². The summed E-state index contributed by atoms with van der Waals surface area (Å²) in [5, 5.41) is 3.31. The van der Waals surface area contributed by atoms with Gasteiger partial charge in [0.2, 0.25) is 0 Å². The van der Waals surface area contributed by atoms with Crippen molar-refractivity contribution in [1.82, 2.24) is 5.32 Å². The summed E-state index contributed by atoms with van der Waals surface area (Å²) in [5.74, 6) is 0.470. The molecule has 0 aromatic heterocycles. The van der Waals surface area contributed by atoms with Crippen LogP contribution in [-0.2, 0) is 0 Å². The number of rotatable bonds is 5. The molecule has 90 valence electrons. The molecular weight excluding hydrogens is 205 g/mol. The lowest BCUT2D eigenvalue weighted by Crippen LogP contribution is -2.30. The van der Waals surface area contributed by atoms with Gasteiger partial charge in [0, 0.05) is 13.1 Å². The molecule has 0 fully saturated rings. The summed E-state index contributed by atoms with van der Waals surface area (Å²) in [6, 6.07) is 6.08. The SMILES string of the molecule is CC(C)(C)CNCCOc1ccc(F)cc1. The maximum atomic E-state index is 12.6. The molecule has 0 saturated carbocycles. The van der Waals surface area contributed by atoms with Crippen molar-refractivity contribution in [3.8, 4) is 5.75 Å². The quantitative estimate of drug-likeness (QED) is 0.778. The summed E-state index contributed by atoms with van der Waals surface area (Å²) >= 11 is 0. The lowest BCUT2D eigenvalue weighted by atomic mass is 9.97. The molecule has 0 aliphatic rings. The maximum absolute atomic E-state index is 12.6. The van der Waals surface area contributed by atoms with Crippen LogP contribution in [0.15, 0.2) is 24.3 Å². The van der Waals surface area contributed by atoms with Crippen LogP contribution < -0.4 is 10.1 Å². The molecule has 0 radical (unpaired) electrons. The molecule has 2 nitrogen and oxygen atoms in total. The summed E-state index contributed by atoms with van der Waals surface area (Å²) in [4.78, 5) is 0. The molecule has 0 aliphatic carbocycles. The summed E-state index contributed by atoms with van der Waals surface area (Å²) < 4.78 is 18.0. The van der Waals surface area contributed by atoms with Crippen molar-refractivity contribution in [2.45, 2.75) is 20.8 Å². The zero-order valence-electron chi connectivity index (χ0n) is 10.2. The molecule has 0 unspecified atom stereocenters. The number of hydrogen-bond donors (Lipinski definition) is 1. The fourth-order valence-electron chi connectivity index (χ4n) is 1.24. The van der Waals surface area contributed by atoms with Crippen molar-refractivity contribution in [2.75, 3.05) is 19.7 Å². The second-order valence-electron chi connectivity index (χ2n) is 5.04. The minimum Gasteiger partial charge on any atom is -0.492 e. The van der Waals surface area contributed by atoms with Crippen molar-refractivity contribution < 1.29 is 9.13 Å². The highest BCUT2D eigenvalue weighted by molar-refractivity contribution is 5.21. The highest BCUT2D eigenvalue weighted by atomic mass is 19.1. The van der Waals surface area contributed by atoms with E-state index in [1.807, 2.05) is 0 Å². The molecule has 1 rings (SSSR count). The van der Waals surface area contributed by atoms with E-state index in [0.717, 1.165) is 13.1 Å². The molecule has 1 N–H and O–H groups in total. The Hall–Kier alpha value is -1.09. The Morgan fingerprint density at radius 1 is 1.19 bits per heavy atom. The summed E-state index contributed by atoms with van der Waals surface area (Å²) in [7, 11) is 0. The van der Waals surface area contributed by atoms with Crippen LogP contribution in [0.4, 0.5) is 4.39 Å². The second-order valence-corrected chi connectivity index (χ2v) is 5.04. The normalized spacial score (nSPS) is 11.5. The van der Waals surface area contributed by atoms with Crippen LogP contribution in [0.3, 0.4) is 0 Å². The van der Waals surface area contributed by atoms with Gasteiger partial charge in [-0.3, -0.25) is 0 Å². The van der Waals surface area contributed by atoms with Gasteiger partial charge in [0.15, 0.2) is 0 Å². The number of halogens is 1. The highest BCUT2D eigenvalue weighted by Gasteiger charge is 2.08. The Kier molecular flexibility index (Phi) is 4.74. The Labute approximate surface area is 96.8 Å². The third-order valence-corrected chi connectivity index (χ3v) is 2.02. The Balaban J connectivity index is 2.14. The summed E-state index contributed by atoms with van der Waals surface area (Å²) in [6.07, 6.45) is 0. The van der Waals surface area contributed by atoms with E-state index in [0.29, 0.717) is 12.4 Å². The molecular formula is C13H20FNO. The van der Waals surface area contributed by atoms with Gasteiger partial charge in [0.25, 0.3) is 0 Å². The topological polar surface area (TPSA) is 21.3 Å². The standard InChI is InChI=1S/C13H20FNO/c1-13(2,3)10-15-8-9-16-12-6-4-11(14)5-7-12/h4-7,15H,8-10H2,1-3H3. The van der Waals surface area contributed by atoms with Gasteiger partial charge in [-0.15, -0.1) is 0 Å². The van der Waals surface area contributed by atoms with E-state index in [1.54, 1.807) is 12.1 Å². The predicted octanol–water partition coefficient (Wildman–Crippen LogP) is 2.84. The van der Waals surface area contributed by atoms with Crippen LogP contribution in [-0.4, -0.2) is 19.7 Å². The lowest BCUT2D eigenvalue weighted by molar-refractivity contribution is 0.297. The van der Waals surface area contributed by atoms with Crippen molar-refractivity contribution in [1.29, 1.82) is 0 Å². The van der Waals surface area contributed by atoms with Gasteiger partial charge in [-0.1, -0.05) is 20.8 Å². The van der Waals surface area contributed by atoms with Gasteiger partial charge in [0.1, 0.15) is 18.2 Å². The van der Waals surface area contributed by atoms with Crippen LogP contribution >= 0.6 is 0 Å². The van der Waals surface area contributed by atoms with Crippen LogP contribution in [0.2, 0.25) is 0 Å². The number of benzene rings is 1. The molecule has 0 atom stereocenters. The average Bonchev–Trinajstić information content (AvgIpc) is 2.19. The number of nitrogens with one attached hydrogen (secondary N) is 1. The first-order valence-corrected chi connectivity index (χ1v) is 5.56. The monoisotopic (exact) mass is 225 g/mol. The minimum atomic E-state index is -0.238. The predicted molar refractivity (Wildman–Crippen MR) is 64.2 cm³/mol. The van der Waals surface area contributed by atoms with Crippen LogP contribution in [0.1, 0.15) is 20.8 Å². The van der Waals surface area contributed by atoms with E-state index >= 15 is 0 Å². The molecule has 16 heavy (non-hydrogen) atoms. The number of ether oxygens (including phenoxy) is 1. The van der Waals surface area contributed by atoms with Gasteiger partial charge in [-0.2, -0.15) is 0 Å². The molecule has 1 aromatic carbocycles. The van der Waals surface area contributed by atoms with Crippen LogP contribution in [0.25, 0.3) is 0 Å². The first-order valence-electron chi connectivity index (χ1n) is 5.56. The molecule has 0 heterocycles. The van der Waals surface area contributed by atoms with Crippen molar-refractivity contribution in [2.24, 2.45) is 5.41 Å². The Bertz CT molecular complexity index is 303. The highest BCUT2D eigenvalue weighted by Crippen LogP contribution is 2.11. The van der Waals surface area contributed by atoms with Crippen molar-refractivity contribution in [3.05, 3.63) is 30.1 Å². The number of hydrogen-bond acceptors (Lipinski definition) is 2. The fraction of sp³-hybridized carbons (Fsp3) is 0.538. The molecule has 0 aliphatic heterocycles. The van der Waals surface area contributed by atoms with Crippen molar-refractivity contribution >= 4 is 0 Å². The van der Waals surface area contributed by atoms with E-state index in [2.05, 4.69) is 26.1 Å². The average molecular weight is 225 g/mol. The van der Waals surface area contributed by atoms with Gasteiger partial charge in [-0.05, 0) is 29.7 Å². The molecule has 0 spiro atoms. The molecule has 0 amide bonds. The maximum Gasteiger partial charge on any atom is 0.123 e. The van der Waals surface area contributed by atoms with E-state index in [4.69, 9.17) is 4.74 Å². The molecule has 0 saturated heterocycles. The van der Waals surface area contributed by atoms with Crippen LogP contribution in [0, 0.1) is 11.2 Å². The molecule has 0 bridgehead atoms. The fourth-order valence-corrected chi connectivity index (χ4v) is 1.24. The zero-order chi connectivity index (χ0) is 12.0. The van der Waals surface area contributed by atoms with Gasteiger partial charge in [-0.25, -0.2) is 4.39 Å². The lowest BCUT2D eigenvalue weighted by Gasteiger charge is -2.18. The largest absolute Gasteiger partial charge is 0.492 e. The van der Waals surface area contributed by atoms with Crippen LogP contribution in [0.5, 0.6) is 5.75 Å². The summed E-state index contributed by atoms with van der Waals surface area (Å²) in [6.45, 7) is 8.90. The zero-order valence-corrected chi connectivity index (χ0v) is 10.2. The molecule has 1 aromatic rings. The van der Waals surface area contributed by atoms with Gasteiger partial charge in [0.05, 0.1) is 0 Å². The van der Waals surface area contributed by atoms with E-state index in [1.165, 1.54) is 12.1 Å². The third-order valence-electron chi connectivity index (χ3n) is 2.02. The minimum absolute atomic E-state index is 0.238. The smallest absolute Gasteiger partial charge is 0.123 e. The van der Waals surface area contributed by atoms with Crippen molar-refractivity contribution in [3.63, 3.8) is 0 Å². The third kappa shape index (κ3) is 5.71. The first-order chi connectivity index (χ1) is 7.47. The Morgan fingerprint density at radius 3 is 2.38 bits per heavy atom. The van der Waals surface area contributed by atoms with E-state index < -0.39 is 0 Å².